The molecule has 0 bridgehead atoms. The van der Waals surface area contributed by atoms with E-state index in [2.05, 4.69) is 9.97 Å². The highest BCUT2D eigenvalue weighted by molar-refractivity contribution is 7.79. The highest BCUT2D eigenvalue weighted by atomic mass is 32.2. The molecule has 0 aliphatic carbocycles. The highest BCUT2D eigenvalue weighted by Gasteiger charge is 2.05. The van der Waals surface area contributed by atoms with Crippen molar-refractivity contribution >= 4 is 11.1 Å². The molecule has 1 aromatic heterocycles. The second kappa shape index (κ2) is 4.33. The average molecular weight is 207 g/mol. The summed E-state index contributed by atoms with van der Waals surface area (Å²) >= 11 is -2.25. The molecule has 4 nitrogen and oxygen atoms in total. The molecule has 0 saturated heterocycles. The second-order valence-electron chi connectivity index (χ2n) is 2.21. The van der Waals surface area contributed by atoms with E-state index in [-0.39, 0.29) is 17.7 Å². The lowest BCUT2D eigenvalue weighted by Crippen LogP contribution is -2.05. The van der Waals surface area contributed by atoms with E-state index in [0.717, 1.165) is 6.20 Å². The van der Waals surface area contributed by atoms with E-state index in [9.17, 15) is 17.5 Å². The first-order chi connectivity index (χ1) is 6.09. The fourth-order valence-corrected chi connectivity index (χ4v) is 1.11. The molecule has 1 aromatic rings. The molecule has 1 rings (SSSR count). The van der Waals surface area contributed by atoms with Crippen LogP contribution in [0.2, 0.25) is 0 Å². The number of rotatable bonds is 3. The Hall–Kier alpha value is -0.950. The molecule has 0 aliphatic heterocycles. The van der Waals surface area contributed by atoms with Gasteiger partial charge in [0.15, 0.2) is 0 Å². The molecular formula is C6H5F2N2O2S-. The van der Waals surface area contributed by atoms with Crippen LogP contribution >= 0.6 is 0 Å². The molecule has 72 valence electrons. The lowest BCUT2D eigenvalue weighted by Gasteiger charge is -2.04. The van der Waals surface area contributed by atoms with Gasteiger partial charge in [-0.1, -0.05) is 11.1 Å². The van der Waals surface area contributed by atoms with Crippen molar-refractivity contribution in [3.63, 3.8) is 0 Å². The Balaban J connectivity index is 2.72. The molecule has 0 saturated carbocycles. The quantitative estimate of drug-likeness (QED) is 0.402. The monoisotopic (exact) mass is 207 g/mol. The van der Waals surface area contributed by atoms with Crippen LogP contribution in [-0.4, -0.2) is 24.5 Å². The van der Waals surface area contributed by atoms with E-state index in [4.69, 9.17) is 0 Å². The molecule has 1 unspecified atom stereocenters. The van der Waals surface area contributed by atoms with Crippen LogP contribution in [0.3, 0.4) is 0 Å². The van der Waals surface area contributed by atoms with E-state index in [1.165, 1.54) is 0 Å². The van der Waals surface area contributed by atoms with Crippen LogP contribution < -0.4 is 0 Å². The molecule has 0 radical (unpaired) electrons. The Morgan fingerprint density at radius 1 is 1.54 bits per heavy atom. The Morgan fingerprint density at radius 3 is 2.77 bits per heavy atom. The normalized spacial score (nSPS) is 12.8. The summed E-state index contributed by atoms with van der Waals surface area (Å²) in [7, 11) is 0. The SMILES string of the molecule is O=S([O-])CCc1cnc(F)nc1F. The van der Waals surface area contributed by atoms with Gasteiger partial charge < -0.3 is 4.55 Å². The molecule has 0 amide bonds. The van der Waals surface area contributed by atoms with Gasteiger partial charge in [0.25, 0.3) is 0 Å². The summed E-state index contributed by atoms with van der Waals surface area (Å²) in [5.74, 6) is -1.25. The van der Waals surface area contributed by atoms with Gasteiger partial charge in [-0.2, -0.15) is 13.8 Å². The van der Waals surface area contributed by atoms with Gasteiger partial charge in [-0.25, -0.2) is 4.98 Å². The summed E-state index contributed by atoms with van der Waals surface area (Å²) in [4.78, 5) is 5.91. The van der Waals surface area contributed by atoms with E-state index in [1.807, 2.05) is 0 Å². The van der Waals surface area contributed by atoms with Crippen molar-refractivity contribution in [2.24, 2.45) is 0 Å². The third kappa shape index (κ3) is 3.11. The van der Waals surface area contributed by atoms with Crippen molar-refractivity contribution in [1.82, 2.24) is 9.97 Å². The van der Waals surface area contributed by atoms with E-state index in [0.29, 0.717) is 0 Å². The Bertz CT molecular complexity index is 334. The zero-order valence-electron chi connectivity index (χ0n) is 6.37. The molecule has 13 heavy (non-hydrogen) atoms. The molecule has 0 fully saturated rings. The molecule has 0 N–H and O–H groups in total. The smallest absolute Gasteiger partial charge is 0.311 e. The van der Waals surface area contributed by atoms with Gasteiger partial charge in [0.1, 0.15) is 0 Å². The zero-order valence-corrected chi connectivity index (χ0v) is 7.18. The first-order valence-electron chi connectivity index (χ1n) is 3.32. The first kappa shape index (κ1) is 10.1. The third-order valence-corrected chi connectivity index (χ3v) is 1.86. The van der Waals surface area contributed by atoms with Gasteiger partial charge >= 0.3 is 6.08 Å². The molecule has 1 atom stereocenters. The lowest BCUT2D eigenvalue weighted by atomic mass is 10.3. The Labute approximate surface area is 75.3 Å². The molecule has 0 spiro atoms. The lowest BCUT2D eigenvalue weighted by molar-refractivity contribution is 0.474. The number of hydrogen-bond donors (Lipinski definition) is 0. The van der Waals surface area contributed by atoms with Crippen LogP contribution in [-0.2, 0) is 17.5 Å². The van der Waals surface area contributed by atoms with Crippen molar-refractivity contribution < 1.29 is 17.5 Å². The fourth-order valence-electron chi connectivity index (χ4n) is 0.727. The van der Waals surface area contributed by atoms with Gasteiger partial charge in [0.05, 0.1) is 0 Å². The van der Waals surface area contributed by atoms with Crippen LogP contribution in [0.1, 0.15) is 5.56 Å². The maximum Gasteiger partial charge on any atom is 0.311 e. The summed E-state index contributed by atoms with van der Waals surface area (Å²) in [6.07, 6.45) is -0.281. The van der Waals surface area contributed by atoms with Crippen LogP contribution in [0.4, 0.5) is 8.78 Å². The van der Waals surface area contributed by atoms with Crippen molar-refractivity contribution in [3.05, 3.63) is 23.8 Å². The predicted octanol–water partition coefficient (Wildman–Crippen LogP) is 0.176. The van der Waals surface area contributed by atoms with Gasteiger partial charge in [-0.15, -0.1) is 0 Å². The standard InChI is InChI=1S/C6H6F2N2O2S/c7-5-4(1-2-13(11)12)3-9-6(8)10-5/h3H,1-2H2,(H,11,12)/p-1. The van der Waals surface area contributed by atoms with Crippen molar-refractivity contribution in [3.8, 4) is 0 Å². The summed E-state index contributed by atoms with van der Waals surface area (Å²) < 4.78 is 45.1. The molecule has 0 aliphatic rings. The van der Waals surface area contributed by atoms with Crippen molar-refractivity contribution in [1.29, 1.82) is 0 Å². The summed E-state index contributed by atoms with van der Waals surface area (Å²) in [6.45, 7) is 0. The minimum Gasteiger partial charge on any atom is -0.772 e. The molecular weight excluding hydrogens is 202 g/mol. The van der Waals surface area contributed by atoms with Crippen LogP contribution in [0.15, 0.2) is 6.20 Å². The summed E-state index contributed by atoms with van der Waals surface area (Å²) in [5.41, 5.74) is -0.00870. The number of halogens is 2. The minimum atomic E-state index is -2.25. The van der Waals surface area contributed by atoms with Crippen LogP contribution in [0.25, 0.3) is 0 Å². The van der Waals surface area contributed by atoms with E-state index >= 15 is 0 Å². The van der Waals surface area contributed by atoms with Gasteiger partial charge in [-0.05, 0) is 6.42 Å². The highest BCUT2D eigenvalue weighted by Crippen LogP contribution is 2.04. The number of nitrogens with zero attached hydrogens (tertiary/aromatic N) is 2. The zero-order chi connectivity index (χ0) is 9.84. The maximum absolute atomic E-state index is 12.7. The average Bonchev–Trinajstić information content (AvgIpc) is 2.02. The van der Waals surface area contributed by atoms with Crippen molar-refractivity contribution in [2.45, 2.75) is 6.42 Å². The predicted molar refractivity (Wildman–Crippen MR) is 39.4 cm³/mol. The Morgan fingerprint density at radius 2 is 2.23 bits per heavy atom. The maximum atomic E-state index is 12.7. The molecule has 0 aromatic carbocycles. The second-order valence-corrected chi connectivity index (χ2v) is 3.23. The van der Waals surface area contributed by atoms with E-state index < -0.39 is 23.1 Å². The number of hydrogen-bond acceptors (Lipinski definition) is 4. The minimum absolute atomic E-state index is 0.00870. The molecule has 1 heterocycles. The largest absolute Gasteiger partial charge is 0.772 e. The third-order valence-electron chi connectivity index (χ3n) is 1.32. The van der Waals surface area contributed by atoms with Gasteiger partial charge in [-0.3, -0.25) is 4.21 Å². The summed E-state index contributed by atoms with van der Waals surface area (Å²) in [6, 6.07) is 0. The van der Waals surface area contributed by atoms with Crippen LogP contribution in [0.5, 0.6) is 0 Å². The fraction of sp³-hybridized carbons (Fsp3) is 0.333. The Kier molecular flexibility index (Phi) is 3.38. The number of aryl methyl sites for hydroxylation is 1. The van der Waals surface area contributed by atoms with Gasteiger partial charge in [0, 0.05) is 17.5 Å². The first-order valence-corrected chi connectivity index (χ1v) is 4.57. The number of aromatic nitrogens is 2. The summed E-state index contributed by atoms with van der Waals surface area (Å²) in [5, 5.41) is 0. The van der Waals surface area contributed by atoms with Crippen LogP contribution in [0, 0.1) is 12.0 Å². The van der Waals surface area contributed by atoms with Gasteiger partial charge in [0.2, 0.25) is 5.95 Å². The van der Waals surface area contributed by atoms with E-state index in [1.54, 1.807) is 0 Å². The topological polar surface area (TPSA) is 65.9 Å². The van der Waals surface area contributed by atoms with Crippen molar-refractivity contribution in [2.75, 3.05) is 5.75 Å². The molecule has 7 heteroatoms.